The van der Waals surface area contributed by atoms with E-state index in [0.29, 0.717) is 12.5 Å². The van der Waals surface area contributed by atoms with E-state index in [4.69, 9.17) is 5.73 Å². The summed E-state index contributed by atoms with van der Waals surface area (Å²) in [6, 6.07) is 4.30. The van der Waals surface area contributed by atoms with Crippen molar-refractivity contribution in [1.29, 1.82) is 0 Å². The number of aromatic nitrogens is 1. The zero-order valence-electron chi connectivity index (χ0n) is 9.97. The third-order valence-corrected chi connectivity index (χ3v) is 3.58. The molecule has 1 amide bonds. The maximum Gasteiger partial charge on any atom is 0.225 e. The zero-order chi connectivity index (χ0) is 12.0. The molecule has 1 saturated carbocycles. The largest absolute Gasteiger partial charge is 0.329 e. The Morgan fingerprint density at radius 2 is 2.18 bits per heavy atom. The predicted octanol–water partition coefficient (Wildman–Crippen LogP) is 1.15. The van der Waals surface area contributed by atoms with Gasteiger partial charge in [-0.05, 0) is 31.4 Å². The zero-order valence-corrected chi connectivity index (χ0v) is 9.97. The van der Waals surface area contributed by atoms with Crippen LogP contribution in [-0.2, 0) is 4.79 Å². The Hall–Kier alpha value is -1.42. The number of aryl methyl sites for hydroxylation is 1. The first kappa shape index (κ1) is 10.7. The van der Waals surface area contributed by atoms with Gasteiger partial charge in [0, 0.05) is 24.7 Å². The molecule has 2 fully saturated rings. The molecule has 2 aliphatic rings. The second-order valence-electron chi connectivity index (χ2n) is 5.11. The van der Waals surface area contributed by atoms with Crippen molar-refractivity contribution < 1.29 is 4.79 Å². The maximum absolute atomic E-state index is 11.9. The van der Waals surface area contributed by atoms with Gasteiger partial charge in [0.2, 0.25) is 5.91 Å². The normalized spacial score (nSPS) is 28.8. The topological polar surface area (TPSA) is 59.2 Å². The van der Waals surface area contributed by atoms with Crippen LogP contribution in [0.3, 0.4) is 0 Å². The van der Waals surface area contributed by atoms with Gasteiger partial charge in [-0.25, -0.2) is 0 Å². The lowest BCUT2D eigenvalue weighted by atomic mass is 10.1. The summed E-state index contributed by atoms with van der Waals surface area (Å²) in [5, 5.41) is 0. The van der Waals surface area contributed by atoms with Crippen LogP contribution in [0.5, 0.6) is 0 Å². The number of amides is 1. The Morgan fingerprint density at radius 1 is 1.41 bits per heavy atom. The molecule has 1 aromatic rings. The van der Waals surface area contributed by atoms with Crippen LogP contribution in [0, 0.1) is 6.92 Å². The molecule has 90 valence electrons. The highest BCUT2D eigenvalue weighted by molar-refractivity contribution is 5.81. The van der Waals surface area contributed by atoms with Crippen LogP contribution in [0.15, 0.2) is 18.3 Å². The van der Waals surface area contributed by atoms with Gasteiger partial charge in [0.15, 0.2) is 0 Å². The van der Waals surface area contributed by atoms with Crippen LogP contribution < -0.4 is 5.73 Å². The quantitative estimate of drug-likeness (QED) is 0.830. The van der Waals surface area contributed by atoms with Crippen molar-refractivity contribution in [1.82, 2.24) is 9.88 Å². The SMILES string of the molecule is Cc1ccc(C2C(N)CC(=O)N2C2CC2)nc1. The highest BCUT2D eigenvalue weighted by Crippen LogP contribution is 2.40. The summed E-state index contributed by atoms with van der Waals surface area (Å²) >= 11 is 0. The number of rotatable bonds is 2. The minimum absolute atomic E-state index is 0.0180. The molecule has 1 aliphatic carbocycles. The number of nitrogens with zero attached hydrogens (tertiary/aromatic N) is 2. The highest BCUT2D eigenvalue weighted by Gasteiger charge is 2.46. The van der Waals surface area contributed by atoms with E-state index in [1.54, 1.807) is 0 Å². The van der Waals surface area contributed by atoms with E-state index in [-0.39, 0.29) is 18.0 Å². The van der Waals surface area contributed by atoms with Crippen molar-refractivity contribution in [2.45, 2.75) is 44.3 Å². The number of hydrogen-bond acceptors (Lipinski definition) is 3. The standard InChI is InChI=1S/C13H17N3O/c1-8-2-5-11(15-7-8)13-10(14)6-12(17)16(13)9-3-4-9/h2,5,7,9-10,13H,3-4,6,14H2,1H3. The lowest BCUT2D eigenvalue weighted by Crippen LogP contribution is -2.35. The summed E-state index contributed by atoms with van der Waals surface area (Å²) in [5.74, 6) is 0.187. The van der Waals surface area contributed by atoms with Gasteiger partial charge in [0.05, 0.1) is 11.7 Å². The van der Waals surface area contributed by atoms with E-state index in [2.05, 4.69) is 4.98 Å². The van der Waals surface area contributed by atoms with E-state index in [0.717, 1.165) is 24.1 Å². The molecule has 0 radical (unpaired) electrons. The molecule has 3 rings (SSSR count). The number of carbonyl (C=O) groups is 1. The molecule has 2 heterocycles. The Kier molecular flexibility index (Phi) is 2.40. The van der Waals surface area contributed by atoms with Gasteiger partial charge in [-0.15, -0.1) is 0 Å². The molecule has 1 aliphatic heterocycles. The lowest BCUT2D eigenvalue weighted by Gasteiger charge is -2.26. The van der Waals surface area contributed by atoms with Crippen LogP contribution in [-0.4, -0.2) is 27.9 Å². The van der Waals surface area contributed by atoms with Crippen molar-refractivity contribution in [3.8, 4) is 0 Å². The average molecular weight is 231 g/mol. The van der Waals surface area contributed by atoms with Gasteiger partial charge in [-0.1, -0.05) is 6.07 Å². The molecule has 4 nitrogen and oxygen atoms in total. The molecule has 0 aromatic carbocycles. The number of nitrogens with two attached hydrogens (primary N) is 1. The van der Waals surface area contributed by atoms with Gasteiger partial charge < -0.3 is 10.6 Å². The summed E-state index contributed by atoms with van der Waals surface area (Å²) in [6.45, 7) is 2.01. The molecule has 2 unspecified atom stereocenters. The molecular weight excluding hydrogens is 214 g/mol. The Bertz CT molecular complexity index is 438. The number of carbonyl (C=O) groups excluding carboxylic acids is 1. The molecule has 0 bridgehead atoms. The second-order valence-corrected chi connectivity index (χ2v) is 5.11. The first-order valence-electron chi connectivity index (χ1n) is 6.16. The van der Waals surface area contributed by atoms with Crippen molar-refractivity contribution in [2.75, 3.05) is 0 Å². The minimum Gasteiger partial charge on any atom is -0.329 e. The van der Waals surface area contributed by atoms with Crippen LogP contribution >= 0.6 is 0 Å². The fourth-order valence-electron chi connectivity index (χ4n) is 2.58. The molecule has 2 atom stereocenters. The van der Waals surface area contributed by atoms with Crippen LogP contribution in [0.4, 0.5) is 0 Å². The average Bonchev–Trinajstić information content (AvgIpc) is 3.07. The van der Waals surface area contributed by atoms with Crippen molar-refractivity contribution in [3.63, 3.8) is 0 Å². The van der Waals surface area contributed by atoms with E-state index >= 15 is 0 Å². The van der Waals surface area contributed by atoms with Gasteiger partial charge in [-0.3, -0.25) is 9.78 Å². The van der Waals surface area contributed by atoms with Crippen LogP contribution in [0.2, 0.25) is 0 Å². The van der Waals surface area contributed by atoms with Gasteiger partial charge >= 0.3 is 0 Å². The van der Waals surface area contributed by atoms with Gasteiger partial charge in [0.1, 0.15) is 0 Å². The van der Waals surface area contributed by atoms with Crippen molar-refractivity contribution in [3.05, 3.63) is 29.6 Å². The first-order valence-corrected chi connectivity index (χ1v) is 6.16. The predicted molar refractivity (Wildman–Crippen MR) is 64.2 cm³/mol. The monoisotopic (exact) mass is 231 g/mol. The van der Waals surface area contributed by atoms with Crippen molar-refractivity contribution in [2.24, 2.45) is 5.73 Å². The molecule has 1 saturated heterocycles. The smallest absolute Gasteiger partial charge is 0.225 e. The van der Waals surface area contributed by atoms with Gasteiger partial charge in [-0.2, -0.15) is 0 Å². The van der Waals surface area contributed by atoms with Gasteiger partial charge in [0.25, 0.3) is 0 Å². The summed E-state index contributed by atoms with van der Waals surface area (Å²) in [5.41, 5.74) is 8.15. The number of pyridine rings is 1. The molecule has 17 heavy (non-hydrogen) atoms. The van der Waals surface area contributed by atoms with Crippen molar-refractivity contribution >= 4 is 5.91 Å². The van der Waals surface area contributed by atoms with Crippen LogP contribution in [0.25, 0.3) is 0 Å². The van der Waals surface area contributed by atoms with E-state index in [1.807, 2.05) is 30.2 Å². The number of likely N-dealkylation sites (tertiary alicyclic amines) is 1. The lowest BCUT2D eigenvalue weighted by molar-refractivity contribution is -0.129. The van der Waals surface area contributed by atoms with Crippen LogP contribution in [0.1, 0.15) is 36.6 Å². The fraction of sp³-hybridized carbons (Fsp3) is 0.538. The van der Waals surface area contributed by atoms with E-state index < -0.39 is 0 Å². The molecule has 1 aromatic heterocycles. The second kappa shape index (κ2) is 3.81. The summed E-state index contributed by atoms with van der Waals surface area (Å²) in [7, 11) is 0. The van der Waals surface area contributed by atoms with E-state index in [1.165, 1.54) is 0 Å². The summed E-state index contributed by atoms with van der Waals surface area (Å²) in [6.07, 6.45) is 4.52. The third-order valence-electron chi connectivity index (χ3n) is 3.58. The molecule has 2 N–H and O–H groups in total. The molecule has 0 spiro atoms. The summed E-state index contributed by atoms with van der Waals surface area (Å²) < 4.78 is 0. The Balaban J connectivity index is 1.93. The molecule has 4 heteroatoms. The van der Waals surface area contributed by atoms with E-state index in [9.17, 15) is 4.79 Å². The third kappa shape index (κ3) is 1.82. The Morgan fingerprint density at radius 3 is 2.76 bits per heavy atom. The maximum atomic E-state index is 11.9. The number of hydrogen-bond donors (Lipinski definition) is 1. The molecular formula is C13H17N3O. The Labute approximate surface area is 101 Å². The summed E-state index contributed by atoms with van der Waals surface area (Å²) in [4.78, 5) is 18.3. The highest BCUT2D eigenvalue weighted by atomic mass is 16.2. The minimum atomic E-state index is -0.113. The first-order chi connectivity index (χ1) is 8.16. The fourth-order valence-corrected chi connectivity index (χ4v) is 2.58.